The molecule has 4 unspecified atom stereocenters. The topological polar surface area (TPSA) is 88.4 Å². The van der Waals surface area contributed by atoms with Crippen molar-refractivity contribution in [2.24, 2.45) is 5.92 Å². The zero-order valence-electron chi connectivity index (χ0n) is 16.8. The Morgan fingerprint density at radius 3 is 3.00 bits per heavy atom. The third-order valence-corrected chi connectivity index (χ3v) is 6.38. The Labute approximate surface area is 179 Å². The molecule has 1 aromatic carbocycles. The molecule has 0 saturated heterocycles. The first-order chi connectivity index (χ1) is 14.4. The number of aliphatic hydroxyl groups excluding tert-OH is 1. The van der Waals surface area contributed by atoms with Gasteiger partial charge in [0, 0.05) is 30.4 Å². The minimum Gasteiger partial charge on any atom is -0.489 e. The number of hydrogen-bond donors (Lipinski definition) is 3. The monoisotopic (exact) mass is 436 g/mol. The second kappa shape index (κ2) is 8.53. The van der Waals surface area contributed by atoms with Gasteiger partial charge in [-0.15, -0.1) is 0 Å². The SMILES string of the molecule is CCCn1ccc(C(=O)NC2CC3(NC(O)COc4ccc(Cl)c(F)c4)CCC23)n1. The second-order valence-electron chi connectivity index (χ2n) is 8.10. The number of benzene rings is 1. The number of ether oxygens (including phenoxy) is 1. The third-order valence-electron chi connectivity index (χ3n) is 6.08. The van der Waals surface area contributed by atoms with Gasteiger partial charge in [-0.3, -0.25) is 14.8 Å². The smallest absolute Gasteiger partial charge is 0.272 e. The van der Waals surface area contributed by atoms with Crippen LogP contribution in [0.4, 0.5) is 4.39 Å². The van der Waals surface area contributed by atoms with Gasteiger partial charge in [-0.2, -0.15) is 5.10 Å². The highest BCUT2D eigenvalue weighted by molar-refractivity contribution is 6.30. The number of amides is 1. The summed E-state index contributed by atoms with van der Waals surface area (Å²) in [7, 11) is 0. The van der Waals surface area contributed by atoms with E-state index in [0.29, 0.717) is 11.4 Å². The largest absolute Gasteiger partial charge is 0.489 e. The Morgan fingerprint density at radius 2 is 2.33 bits per heavy atom. The zero-order valence-corrected chi connectivity index (χ0v) is 17.5. The molecule has 3 N–H and O–H groups in total. The number of aromatic nitrogens is 2. The van der Waals surface area contributed by atoms with Crippen LogP contribution in [0.25, 0.3) is 0 Å². The minimum atomic E-state index is -0.895. The molecule has 0 spiro atoms. The van der Waals surface area contributed by atoms with Crippen LogP contribution in [0.1, 0.15) is 43.1 Å². The van der Waals surface area contributed by atoms with Gasteiger partial charge in [-0.25, -0.2) is 4.39 Å². The van der Waals surface area contributed by atoms with Gasteiger partial charge in [0.25, 0.3) is 5.91 Å². The van der Waals surface area contributed by atoms with Gasteiger partial charge in [0.1, 0.15) is 30.1 Å². The average molecular weight is 437 g/mol. The Kier molecular flexibility index (Phi) is 5.99. The maximum Gasteiger partial charge on any atom is 0.272 e. The van der Waals surface area contributed by atoms with Crippen LogP contribution in [0.5, 0.6) is 5.75 Å². The fourth-order valence-electron chi connectivity index (χ4n) is 4.46. The van der Waals surface area contributed by atoms with E-state index >= 15 is 0 Å². The van der Waals surface area contributed by atoms with Gasteiger partial charge in [0.05, 0.1) is 5.02 Å². The fourth-order valence-corrected chi connectivity index (χ4v) is 4.57. The number of aliphatic hydroxyl groups is 1. The quantitative estimate of drug-likeness (QED) is 0.526. The molecule has 1 aromatic heterocycles. The summed E-state index contributed by atoms with van der Waals surface area (Å²) >= 11 is 5.66. The number of hydrogen-bond acceptors (Lipinski definition) is 5. The van der Waals surface area contributed by atoms with Gasteiger partial charge >= 0.3 is 0 Å². The van der Waals surface area contributed by atoms with Gasteiger partial charge in [0.15, 0.2) is 0 Å². The van der Waals surface area contributed by atoms with E-state index in [0.717, 1.165) is 32.2 Å². The highest BCUT2D eigenvalue weighted by atomic mass is 35.5. The number of carbonyl (C=O) groups is 1. The molecular formula is C21H26ClFN4O3. The van der Waals surface area contributed by atoms with E-state index in [2.05, 4.69) is 22.7 Å². The predicted molar refractivity (Wildman–Crippen MR) is 110 cm³/mol. The maximum atomic E-state index is 13.5. The molecule has 4 atom stereocenters. The van der Waals surface area contributed by atoms with Crippen LogP contribution >= 0.6 is 11.6 Å². The van der Waals surface area contributed by atoms with Crippen LogP contribution < -0.4 is 15.4 Å². The molecule has 4 rings (SSSR count). The van der Waals surface area contributed by atoms with Crippen molar-refractivity contribution in [2.45, 2.75) is 57.0 Å². The normalized spacial score (nSPS) is 25.6. The lowest BCUT2D eigenvalue weighted by Crippen LogP contribution is -2.76. The molecule has 7 nitrogen and oxygen atoms in total. The van der Waals surface area contributed by atoms with Gasteiger partial charge in [-0.05, 0) is 49.8 Å². The number of rotatable bonds is 9. The summed E-state index contributed by atoms with van der Waals surface area (Å²) in [5.41, 5.74) is 0.241. The van der Waals surface area contributed by atoms with E-state index in [4.69, 9.17) is 16.3 Å². The number of nitrogens with zero attached hydrogens (tertiary/aromatic N) is 2. The predicted octanol–water partition coefficient (Wildman–Crippen LogP) is 2.72. The summed E-state index contributed by atoms with van der Waals surface area (Å²) in [5, 5.41) is 21.0. The number of halogens is 2. The third kappa shape index (κ3) is 4.17. The lowest BCUT2D eigenvalue weighted by molar-refractivity contribution is -0.0927. The molecule has 0 aliphatic heterocycles. The summed E-state index contributed by atoms with van der Waals surface area (Å²) in [6.07, 6.45) is 4.54. The lowest BCUT2D eigenvalue weighted by Gasteiger charge is -2.64. The molecule has 162 valence electrons. The minimum absolute atomic E-state index is 0.0125. The van der Waals surface area contributed by atoms with Crippen molar-refractivity contribution in [1.82, 2.24) is 20.4 Å². The standard InChI is InChI=1S/C21H26ClFN4O3/c1-2-8-27-9-6-17(26-27)20(29)24-18-11-21(7-5-14(18)21)25-19(28)12-30-13-3-4-15(22)16(23)10-13/h3-4,6,9-10,14,18-19,25,28H,2,5,7-8,11-12H2,1H3,(H,24,29). The zero-order chi connectivity index (χ0) is 21.3. The highest BCUT2D eigenvalue weighted by Gasteiger charge is 2.60. The molecule has 2 aliphatic rings. The summed E-state index contributed by atoms with van der Waals surface area (Å²) in [6, 6.07) is 5.96. The van der Waals surface area contributed by atoms with Crippen molar-refractivity contribution in [3.05, 3.63) is 47.0 Å². The fraction of sp³-hybridized carbons (Fsp3) is 0.524. The van der Waals surface area contributed by atoms with E-state index in [1.54, 1.807) is 16.8 Å². The van der Waals surface area contributed by atoms with Crippen molar-refractivity contribution in [2.75, 3.05) is 6.61 Å². The number of fused-ring (bicyclic) bond motifs is 1. The number of nitrogens with one attached hydrogen (secondary N) is 2. The second-order valence-corrected chi connectivity index (χ2v) is 8.50. The van der Waals surface area contributed by atoms with E-state index in [-0.39, 0.29) is 35.0 Å². The molecule has 2 fully saturated rings. The van der Waals surface area contributed by atoms with Crippen molar-refractivity contribution in [3.8, 4) is 5.75 Å². The van der Waals surface area contributed by atoms with E-state index in [9.17, 15) is 14.3 Å². The Bertz CT molecular complexity index is 923. The molecule has 2 aromatic rings. The van der Waals surface area contributed by atoms with Gasteiger partial charge in [-0.1, -0.05) is 18.5 Å². The van der Waals surface area contributed by atoms with E-state index in [1.165, 1.54) is 12.1 Å². The summed E-state index contributed by atoms with van der Waals surface area (Å²) in [5.74, 6) is -0.154. The molecule has 1 amide bonds. The molecular weight excluding hydrogens is 411 g/mol. The Balaban J connectivity index is 1.25. The van der Waals surface area contributed by atoms with E-state index < -0.39 is 12.0 Å². The van der Waals surface area contributed by atoms with Crippen LogP contribution in [0.3, 0.4) is 0 Å². The first kappa shape index (κ1) is 21.1. The first-order valence-electron chi connectivity index (χ1n) is 10.3. The van der Waals surface area contributed by atoms with Crippen molar-refractivity contribution in [1.29, 1.82) is 0 Å². The molecule has 2 saturated carbocycles. The lowest BCUT2D eigenvalue weighted by atomic mass is 9.50. The van der Waals surface area contributed by atoms with Crippen LogP contribution in [-0.4, -0.2) is 45.2 Å². The number of carbonyl (C=O) groups excluding carboxylic acids is 1. The van der Waals surface area contributed by atoms with Crippen molar-refractivity contribution >= 4 is 17.5 Å². The van der Waals surface area contributed by atoms with E-state index in [1.807, 2.05) is 6.20 Å². The Hall–Kier alpha value is -2.16. The van der Waals surface area contributed by atoms with Gasteiger partial charge in [0.2, 0.25) is 0 Å². The highest BCUT2D eigenvalue weighted by Crippen LogP contribution is 2.54. The summed E-state index contributed by atoms with van der Waals surface area (Å²) < 4.78 is 20.7. The van der Waals surface area contributed by atoms with Crippen LogP contribution in [0.2, 0.25) is 5.02 Å². The molecule has 30 heavy (non-hydrogen) atoms. The first-order valence-corrected chi connectivity index (χ1v) is 10.7. The summed E-state index contributed by atoms with van der Waals surface area (Å²) in [4.78, 5) is 12.5. The average Bonchev–Trinajstić information content (AvgIpc) is 3.17. The maximum absolute atomic E-state index is 13.5. The van der Waals surface area contributed by atoms with Crippen LogP contribution in [-0.2, 0) is 6.54 Å². The molecule has 9 heteroatoms. The van der Waals surface area contributed by atoms with Crippen molar-refractivity contribution in [3.63, 3.8) is 0 Å². The van der Waals surface area contributed by atoms with Gasteiger partial charge < -0.3 is 15.2 Å². The molecule has 0 radical (unpaired) electrons. The molecule has 1 heterocycles. The molecule has 0 bridgehead atoms. The number of aryl methyl sites for hydroxylation is 1. The Morgan fingerprint density at radius 1 is 1.50 bits per heavy atom. The summed E-state index contributed by atoms with van der Waals surface area (Å²) in [6.45, 7) is 2.84. The molecule has 2 aliphatic carbocycles. The van der Waals surface area contributed by atoms with Crippen molar-refractivity contribution < 1.29 is 19.0 Å². The van der Waals surface area contributed by atoms with Crippen LogP contribution in [0.15, 0.2) is 30.5 Å². The van der Waals surface area contributed by atoms with Crippen LogP contribution in [0, 0.1) is 11.7 Å².